The molecular formula is C19H18ClF5N2O3. The van der Waals surface area contributed by atoms with Crippen molar-refractivity contribution in [3.8, 4) is 0 Å². The van der Waals surface area contributed by atoms with Gasteiger partial charge in [0.05, 0.1) is 16.1 Å². The highest BCUT2D eigenvalue weighted by molar-refractivity contribution is 6.31. The smallest absolute Gasteiger partial charge is 0.416 e. The summed E-state index contributed by atoms with van der Waals surface area (Å²) in [5.74, 6) is -4.31. The maximum atomic E-state index is 14.6. The van der Waals surface area contributed by atoms with Crippen molar-refractivity contribution in [2.75, 3.05) is 19.7 Å². The Labute approximate surface area is 173 Å². The largest absolute Gasteiger partial charge is 0.447 e. The van der Waals surface area contributed by atoms with E-state index >= 15 is 0 Å². The van der Waals surface area contributed by atoms with Gasteiger partial charge in [-0.25, -0.2) is 13.6 Å². The van der Waals surface area contributed by atoms with E-state index in [0.717, 1.165) is 0 Å². The number of ether oxygens (including phenoxy) is 1. The molecule has 2 aliphatic heterocycles. The van der Waals surface area contributed by atoms with Crippen molar-refractivity contribution in [2.24, 2.45) is 11.8 Å². The second kappa shape index (κ2) is 6.96. The van der Waals surface area contributed by atoms with E-state index in [1.807, 2.05) is 0 Å². The second-order valence-corrected chi connectivity index (χ2v) is 8.70. The third-order valence-electron chi connectivity index (χ3n) is 5.97. The summed E-state index contributed by atoms with van der Waals surface area (Å²) in [6.07, 6.45) is -4.87. The fourth-order valence-corrected chi connectivity index (χ4v) is 4.69. The average Bonchev–Trinajstić information content (AvgIpc) is 2.97. The number of nitrogens with zero attached hydrogens (tertiary/aromatic N) is 1. The highest BCUT2D eigenvalue weighted by Gasteiger charge is 2.54. The number of amides is 2. The number of carbonyl (C=O) groups is 2. The number of rotatable bonds is 4. The molecule has 0 bridgehead atoms. The lowest BCUT2D eigenvalue weighted by Gasteiger charge is -2.48. The van der Waals surface area contributed by atoms with Gasteiger partial charge < -0.3 is 15.0 Å². The van der Waals surface area contributed by atoms with Crippen molar-refractivity contribution >= 4 is 23.6 Å². The molecule has 0 radical (unpaired) electrons. The quantitative estimate of drug-likeness (QED) is 0.697. The van der Waals surface area contributed by atoms with Crippen LogP contribution in [-0.2, 0) is 21.6 Å². The highest BCUT2D eigenvalue weighted by atomic mass is 35.5. The summed E-state index contributed by atoms with van der Waals surface area (Å²) in [6.45, 7) is 0.524. The fourth-order valence-electron chi connectivity index (χ4n) is 4.37. The molecule has 1 N–H and O–H groups in total. The number of nitrogens with one attached hydrogen (secondary N) is 1. The number of benzene rings is 1. The lowest BCUT2D eigenvalue weighted by molar-refractivity contribution is -0.150. The van der Waals surface area contributed by atoms with Gasteiger partial charge in [-0.15, -0.1) is 0 Å². The highest BCUT2D eigenvalue weighted by Crippen LogP contribution is 2.45. The number of hydrogen-bond acceptors (Lipinski definition) is 3. The number of alkyl carbamates (subject to hydrolysis) is 1. The van der Waals surface area contributed by atoms with E-state index in [2.05, 4.69) is 5.32 Å². The minimum atomic E-state index is -4.67. The SMILES string of the molecule is O=C1N[C@]2(CO1)C[C@H](C(=O)N1CC(CC(F)(F)c3ccc(C(F)(F)F)cc3Cl)C1)C2. The Morgan fingerprint density at radius 1 is 1.23 bits per heavy atom. The second-order valence-electron chi connectivity index (χ2n) is 8.30. The lowest BCUT2D eigenvalue weighted by Crippen LogP contribution is -2.61. The van der Waals surface area contributed by atoms with Crippen molar-refractivity contribution in [1.29, 1.82) is 0 Å². The molecule has 0 unspecified atom stereocenters. The van der Waals surface area contributed by atoms with Crippen LogP contribution in [0.4, 0.5) is 26.7 Å². The molecule has 5 nitrogen and oxygen atoms in total. The minimum absolute atomic E-state index is 0.145. The monoisotopic (exact) mass is 452 g/mol. The van der Waals surface area contributed by atoms with Gasteiger partial charge in [0.15, 0.2) is 0 Å². The Morgan fingerprint density at radius 2 is 1.90 bits per heavy atom. The van der Waals surface area contributed by atoms with Crippen LogP contribution in [-0.4, -0.2) is 42.1 Å². The molecule has 0 aromatic heterocycles. The standard InChI is InChI=1S/C19H18ClF5N2O3/c20-14-3-12(19(23,24)25)1-2-13(14)18(21,22)4-10-7-27(8-10)15(28)11-5-17(6-11)9-30-16(29)26-17/h1-3,10-11H,4-9H2,(H,26,29)/t11-,17+. The van der Waals surface area contributed by atoms with Gasteiger partial charge in [-0.3, -0.25) is 4.79 Å². The van der Waals surface area contributed by atoms with Crippen LogP contribution in [0.2, 0.25) is 5.02 Å². The van der Waals surface area contributed by atoms with E-state index in [1.165, 1.54) is 4.90 Å². The van der Waals surface area contributed by atoms with Crippen molar-refractivity contribution in [1.82, 2.24) is 10.2 Å². The molecule has 1 aromatic carbocycles. The first kappa shape index (κ1) is 21.1. The van der Waals surface area contributed by atoms with Gasteiger partial charge in [0.1, 0.15) is 6.61 Å². The van der Waals surface area contributed by atoms with Crippen molar-refractivity contribution in [2.45, 2.75) is 36.9 Å². The van der Waals surface area contributed by atoms with Crippen LogP contribution in [0.1, 0.15) is 30.4 Å². The van der Waals surface area contributed by atoms with Gasteiger partial charge in [0.25, 0.3) is 5.92 Å². The van der Waals surface area contributed by atoms with Crippen LogP contribution in [0, 0.1) is 11.8 Å². The summed E-state index contributed by atoms with van der Waals surface area (Å²) in [5, 5.41) is 2.05. The first-order chi connectivity index (χ1) is 13.9. The van der Waals surface area contributed by atoms with Crippen LogP contribution in [0.15, 0.2) is 18.2 Å². The maximum absolute atomic E-state index is 14.6. The summed E-state index contributed by atoms with van der Waals surface area (Å²) in [7, 11) is 0. The van der Waals surface area contributed by atoms with Crippen molar-refractivity contribution in [3.63, 3.8) is 0 Å². The molecule has 2 saturated heterocycles. The van der Waals surface area contributed by atoms with Crippen LogP contribution < -0.4 is 5.32 Å². The van der Waals surface area contributed by atoms with Gasteiger partial charge in [-0.2, -0.15) is 13.2 Å². The molecule has 2 heterocycles. The summed E-state index contributed by atoms with van der Waals surface area (Å²) >= 11 is 5.70. The summed E-state index contributed by atoms with van der Waals surface area (Å²) in [6, 6.07) is 1.79. The van der Waals surface area contributed by atoms with Gasteiger partial charge in [0.2, 0.25) is 5.91 Å². The fraction of sp³-hybridized carbons (Fsp3) is 0.579. The van der Waals surface area contributed by atoms with Crippen LogP contribution in [0.5, 0.6) is 0 Å². The molecule has 1 spiro atoms. The first-order valence-electron chi connectivity index (χ1n) is 9.37. The molecular weight excluding hydrogens is 435 g/mol. The molecule has 1 saturated carbocycles. The summed E-state index contributed by atoms with van der Waals surface area (Å²) in [5.41, 5.74) is -2.23. The third-order valence-corrected chi connectivity index (χ3v) is 6.29. The van der Waals surface area contributed by atoms with Gasteiger partial charge >= 0.3 is 12.3 Å². The minimum Gasteiger partial charge on any atom is -0.447 e. The molecule has 1 aliphatic carbocycles. The Morgan fingerprint density at radius 3 is 2.43 bits per heavy atom. The Bertz CT molecular complexity index is 879. The molecule has 4 rings (SSSR count). The molecule has 164 valence electrons. The van der Waals surface area contributed by atoms with E-state index in [-0.39, 0.29) is 31.5 Å². The van der Waals surface area contributed by atoms with E-state index in [9.17, 15) is 31.5 Å². The van der Waals surface area contributed by atoms with Gasteiger partial charge in [0, 0.05) is 36.9 Å². The van der Waals surface area contributed by atoms with Crippen molar-refractivity contribution in [3.05, 3.63) is 34.3 Å². The molecule has 3 fully saturated rings. The molecule has 0 atom stereocenters. The third kappa shape index (κ3) is 3.81. The zero-order valence-electron chi connectivity index (χ0n) is 15.6. The Balaban J connectivity index is 1.30. The number of alkyl halides is 5. The van der Waals surface area contributed by atoms with Crippen LogP contribution >= 0.6 is 11.6 Å². The van der Waals surface area contributed by atoms with E-state index < -0.39 is 52.2 Å². The summed E-state index contributed by atoms with van der Waals surface area (Å²) < 4.78 is 72.1. The molecule has 3 aliphatic rings. The normalized spacial score (nSPS) is 26.8. The predicted molar refractivity (Wildman–Crippen MR) is 95.0 cm³/mol. The lowest BCUT2D eigenvalue weighted by atomic mass is 9.68. The number of carbonyl (C=O) groups excluding carboxylic acids is 2. The van der Waals surface area contributed by atoms with Crippen molar-refractivity contribution < 1.29 is 36.3 Å². The molecule has 30 heavy (non-hydrogen) atoms. The maximum Gasteiger partial charge on any atom is 0.416 e. The number of hydrogen-bond donors (Lipinski definition) is 1. The molecule has 1 aromatic rings. The van der Waals surface area contributed by atoms with E-state index in [4.69, 9.17) is 16.3 Å². The van der Waals surface area contributed by atoms with Crippen LogP contribution in [0.3, 0.4) is 0 Å². The zero-order valence-corrected chi connectivity index (χ0v) is 16.3. The first-order valence-corrected chi connectivity index (χ1v) is 9.75. The number of halogens is 6. The Kier molecular flexibility index (Phi) is 4.91. The van der Waals surface area contributed by atoms with Gasteiger partial charge in [-0.05, 0) is 25.0 Å². The average molecular weight is 453 g/mol. The predicted octanol–water partition coefficient (Wildman–Crippen LogP) is 4.19. The molecule has 11 heteroatoms. The number of likely N-dealkylation sites (tertiary alicyclic amines) is 1. The summed E-state index contributed by atoms with van der Waals surface area (Å²) in [4.78, 5) is 25.1. The van der Waals surface area contributed by atoms with Gasteiger partial charge in [-0.1, -0.05) is 17.7 Å². The molecule has 2 amide bonds. The van der Waals surface area contributed by atoms with E-state index in [0.29, 0.717) is 31.0 Å². The van der Waals surface area contributed by atoms with E-state index in [1.54, 1.807) is 0 Å². The zero-order chi connectivity index (χ0) is 21.9. The topological polar surface area (TPSA) is 58.6 Å². The Hall–Kier alpha value is -2.10. The van der Waals surface area contributed by atoms with Crippen LogP contribution in [0.25, 0.3) is 0 Å². The number of cyclic esters (lactones) is 1.